The predicted octanol–water partition coefficient (Wildman–Crippen LogP) is 1.29. The van der Waals surface area contributed by atoms with Crippen molar-refractivity contribution < 1.29 is 4.79 Å². The van der Waals surface area contributed by atoms with Gasteiger partial charge in [-0.25, -0.2) is 0 Å². The Morgan fingerprint density at radius 1 is 1.47 bits per heavy atom. The van der Waals surface area contributed by atoms with Crippen LogP contribution < -0.4 is 10.6 Å². The Morgan fingerprint density at radius 3 is 2.47 bits per heavy atom. The summed E-state index contributed by atoms with van der Waals surface area (Å²) in [7, 11) is 0. The van der Waals surface area contributed by atoms with E-state index in [0.29, 0.717) is 13.0 Å². The van der Waals surface area contributed by atoms with Crippen LogP contribution in [0.1, 0.15) is 40.5 Å². The summed E-state index contributed by atoms with van der Waals surface area (Å²) in [6.07, 6.45) is 6.83. The largest absolute Gasteiger partial charge is 0.350 e. The molecule has 1 amide bonds. The van der Waals surface area contributed by atoms with E-state index < -0.39 is 0 Å². The molecule has 1 atom stereocenters. The van der Waals surface area contributed by atoms with E-state index in [-0.39, 0.29) is 17.5 Å². The Bertz CT molecular complexity index is 235. The third-order valence-corrected chi connectivity index (χ3v) is 1.92. The third kappa shape index (κ3) is 8.02. The fourth-order valence-corrected chi connectivity index (χ4v) is 1.20. The maximum Gasteiger partial charge on any atom is 0.234 e. The maximum absolute atomic E-state index is 11.5. The van der Waals surface area contributed by atoms with Crippen LogP contribution in [0.15, 0.2) is 0 Å². The summed E-state index contributed by atoms with van der Waals surface area (Å²) in [5.74, 6) is 2.61. The normalized spacial score (nSPS) is 13.0. The summed E-state index contributed by atoms with van der Waals surface area (Å²) in [5, 5.41) is 6.03. The van der Waals surface area contributed by atoms with Crippen LogP contribution in [0.5, 0.6) is 0 Å². The Kier molecular flexibility index (Phi) is 6.03. The molecule has 0 aliphatic heterocycles. The highest BCUT2D eigenvalue weighted by Gasteiger charge is 2.14. The average molecular weight is 210 g/mol. The molecule has 0 fully saturated rings. The van der Waals surface area contributed by atoms with Crippen LogP contribution in [0.3, 0.4) is 0 Å². The van der Waals surface area contributed by atoms with Gasteiger partial charge in [0.15, 0.2) is 0 Å². The summed E-state index contributed by atoms with van der Waals surface area (Å²) < 4.78 is 0. The number of hydrogen-bond donors (Lipinski definition) is 2. The molecule has 0 heterocycles. The predicted molar refractivity (Wildman–Crippen MR) is 63.4 cm³/mol. The van der Waals surface area contributed by atoms with E-state index in [1.165, 1.54) is 0 Å². The molecule has 0 aromatic rings. The second-order valence-corrected chi connectivity index (χ2v) is 4.69. The van der Waals surface area contributed by atoms with Gasteiger partial charge >= 0.3 is 0 Å². The van der Waals surface area contributed by atoms with Crippen LogP contribution in [-0.4, -0.2) is 24.0 Å². The summed E-state index contributed by atoms with van der Waals surface area (Å²) in [5.41, 5.74) is -0.174. The van der Waals surface area contributed by atoms with Crippen LogP contribution in [0, 0.1) is 12.3 Å². The minimum absolute atomic E-state index is 0.0120. The molecule has 86 valence electrons. The van der Waals surface area contributed by atoms with Gasteiger partial charge in [0, 0.05) is 18.0 Å². The number of carbonyl (C=O) groups is 1. The lowest BCUT2D eigenvalue weighted by atomic mass is 10.1. The van der Waals surface area contributed by atoms with Crippen molar-refractivity contribution in [2.45, 2.75) is 52.1 Å². The van der Waals surface area contributed by atoms with Gasteiger partial charge in [0.2, 0.25) is 5.91 Å². The van der Waals surface area contributed by atoms with Gasteiger partial charge in [-0.3, -0.25) is 4.79 Å². The van der Waals surface area contributed by atoms with E-state index in [0.717, 1.165) is 6.42 Å². The van der Waals surface area contributed by atoms with Crippen LogP contribution >= 0.6 is 0 Å². The van der Waals surface area contributed by atoms with E-state index in [2.05, 4.69) is 23.5 Å². The molecule has 0 aliphatic carbocycles. The van der Waals surface area contributed by atoms with Gasteiger partial charge in [-0.15, -0.1) is 12.3 Å². The Morgan fingerprint density at radius 2 is 2.07 bits per heavy atom. The maximum atomic E-state index is 11.5. The molecule has 0 spiro atoms. The molecular weight excluding hydrogens is 188 g/mol. The van der Waals surface area contributed by atoms with E-state index >= 15 is 0 Å². The molecule has 3 heteroatoms. The first-order chi connectivity index (χ1) is 6.89. The smallest absolute Gasteiger partial charge is 0.234 e. The lowest BCUT2D eigenvalue weighted by Gasteiger charge is -2.21. The Hall–Kier alpha value is -1.01. The lowest BCUT2D eigenvalue weighted by Crippen LogP contribution is -2.46. The van der Waals surface area contributed by atoms with Crippen LogP contribution in [0.25, 0.3) is 0 Å². The molecule has 1 unspecified atom stereocenters. The number of nitrogens with one attached hydrogen (secondary N) is 2. The molecule has 15 heavy (non-hydrogen) atoms. The summed E-state index contributed by atoms with van der Waals surface area (Å²) in [4.78, 5) is 11.5. The second kappa shape index (κ2) is 6.47. The van der Waals surface area contributed by atoms with E-state index in [9.17, 15) is 4.79 Å². The molecule has 0 rings (SSSR count). The minimum atomic E-state index is -0.174. The van der Waals surface area contributed by atoms with E-state index in [1.807, 2.05) is 20.8 Å². The fraction of sp³-hybridized carbons (Fsp3) is 0.750. The van der Waals surface area contributed by atoms with Gasteiger partial charge in [0.1, 0.15) is 0 Å². The van der Waals surface area contributed by atoms with Crippen molar-refractivity contribution in [1.82, 2.24) is 10.6 Å². The topological polar surface area (TPSA) is 41.1 Å². The van der Waals surface area contributed by atoms with Gasteiger partial charge in [0.05, 0.1) is 6.54 Å². The number of terminal acetylenes is 1. The van der Waals surface area contributed by atoms with Crippen LogP contribution in [-0.2, 0) is 4.79 Å². The Labute approximate surface area is 93.0 Å². The van der Waals surface area contributed by atoms with Crippen LogP contribution in [0.2, 0.25) is 0 Å². The van der Waals surface area contributed by atoms with E-state index in [4.69, 9.17) is 6.42 Å². The van der Waals surface area contributed by atoms with Crippen molar-refractivity contribution >= 4 is 5.91 Å². The standard InChI is InChI=1S/C12H22N2O/c1-6-8-10(7-2)13-9-11(15)14-12(3,4)5/h1,10,13H,7-9H2,2-5H3,(H,14,15). The molecule has 0 aromatic heterocycles. The second-order valence-electron chi connectivity index (χ2n) is 4.69. The van der Waals surface area contributed by atoms with Gasteiger partial charge in [-0.1, -0.05) is 6.92 Å². The minimum Gasteiger partial charge on any atom is -0.350 e. The molecule has 0 bridgehead atoms. The fourth-order valence-electron chi connectivity index (χ4n) is 1.20. The first kappa shape index (κ1) is 14.0. The molecule has 0 aliphatic rings. The number of rotatable bonds is 5. The first-order valence-corrected chi connectivity index (χ1v) is 5.37. The molecule has 0 saturated carbocycles. The summed E-state index contributed by atoms with van der Waals surface area (Å²) >= 11 is 0. The number of carbonyl (C=O) groups excluding carboxylic acids is 1. The Balaban J connectivity index is 3.84. The molecule has 0 saturated heterocycles. The van der Waals surface area contributed by atoms with Gasteiger partial charge in [-0.05, 0) is 27.2 Å². The zero-order chi connectivity index (χ0) is 11.9. The van der Waals surface area contributed by atoms with Crippen molar-refractivity contribution in [2.75, 3.05) is 6.54 Å². The highest BCUT2D eigenvalue weighted by atomic mass is 16.2. The van der Waals surface area contributed by atoms with Crippen LogP contribution in [0.4, 0.5) is 0 Å². The van der Waals surface area contributed by atoms with Gasteiger partial charge < -0.3 is 10.6 Å². The van der Waals surface area contributed by atoms with E-state index in [1.54, 1.807) is 0 Å². The highest BCUT2D eigenvalue weighted by Crippen LogP contribution is 1.98. The monoisotopic (exact) mass is 210 g/mol. The summed E-state index contributed by atoms with van der Waals surface area (Å²) in [6, 6.07) is 0.237. The summed E-state index contributed by atoms with van der Waals surface area (Å²) in [6.45, 7) is 8.27. The molecule has 3 nitrogen and oxygen atoms in total. The zero-order valence-electron chi connectivity index (χ0n) is 10.2. The molecular formula is C12H22N2O. The van der Waals surface area contributed by atoms with Gasteiger partial charge in [-0.2, -0.15) is 0 Å². The molecule has 2 N–H and O–H groups in total. The van der Waals surface area contributed by atoms with Crippen molar-refractivity contribution in [3.63, 3.8) is 0 Å². The molecule has 0 aromatic carbocycles. The zero-order valence-corrected chi connectivity index (χ0v) is 10.2. The SMILES string of the molecule is C#CCC(CC)NCC(=O)NC(C)(C)C. The number of hydrogen-bond acceptors (Lipinski definition) is 2. The van der Waals surface area contributed by atoms with Crippen molar-refractivity contribution in [2.24, 2.45) is 0 Å². The quantitative estimate of drug-likeness (QED) is 0.671. The van der Waals surface area contributed by atoms with Crippen molar-refractivity contribution in [3.05, 3.63) is 0 Å². The first-order valence-electron chi connectivity index (χ1n) is 5.37. The van der Waals surface area contributed by atoms with Crippen molar-refractivity contribution in [1.29, 1.82) is 0 Å². The average Bonchev–Trinajstić information content (AvgIpc) is 2.09. The highest BCUT2D eigenvalue weighted by molar-refractivity contribution is 5.78. The molecule has 0 radical (unpaired) electrons. The lowest BCUT2D eigenvalue weighted by molar-refractivity contribution is -0.121. The van der Waals surface area contributed by atoms with Gasteiger partial charge in [0.25, 0.3) is 0 Å². The van der Waals surface area contributed by atoms with Crippen molar-refractivity contribution in [3.8, 4) is 12.3 Å². The third-order valence-electron chi connectivity index (χ3n) is 1.92. The number of amides is 1.